The SMILES string of the molecule is CC(=O)O[C@@H]1c2cc(C)ccc2N[C@H](c2ccccc2OCc2ccc(F)cc2)C1(C)C. The molecule has 0 saturated carbocycles. The van der Waals surface area contributed by atoms with Crippen LogP contribution in [0.25, 0.3) is 0 Å². The molecule has 4 rings (SSSR count). The lowest BCUT2D eigenvalue weighted by atomic mass is 9.70. The third kappa shape index (κ3) is 4.33. The summed E-state index contributed by atoms with van der Waals surface area (Å²) in [5.74, 6) is 0.157. The van der Waals surface area contributed by atoms with E-state index in [9.17, 15) is 9.18 Å². The van der Waals surface area contributed by atoms with Crippen LogP contribution in [-0.4, -0.2) is 5.97 Å². The Balaban J connectivity index is 1.70. The van der Waals surface area contributed by atoms with E-state index >= 15 is 0 Å². The van der Waals surface area contributed by atoms with Crippen LogP contribution < -0.4 is 10.1 Å². The summed E-state index contributed by atoms with van der Waals surface area (Å²) in [6, 6.07) is 20.2. The molecule has 1 heterocycles. The highest BCUT2D eigenvalue weighted by atomic mass is 19.1. The molecule has 0 unspecified atom stereocenters. The fourth-order valence-corrected chi connectivity index (χ4v) is 4.38. The van der Waals surface area contributed by atoms with Crippen LogP contribution >= 0.6 is 0 Å². The van der Waals surface area contributed by atoms with E-state index in [0.29, 0.717) is 6.61 Å². The van der Waals surface area contributed by atoms with Crippen LogP contribution in [0.15, 0.2) is 66.7 Å². The smallest absolute Gasteiger partial charge is 0.303 e. The van der Waals surface area contributed by atoms with Crippen molar-refractivity contribution in [2.45, 2.75) is 46.4 Å². The quantitative estimate of drug-likeness (QED) is 0.466. The Morgan fingerprint density at radius 1 is 1.03 bits per heavy atom. The number of ether oxygens (including phenoxy) is 2. The lowest BCUT2D eigenvalue weighted by Crippen LogP contribution is -2.40. The fraction of sp³-hybridized carbons (Fsp3) is 0.296. The average molecular weight is 434 g/mol. The Bertz CT molecular complexity index is 1120. The van der Waals surface area contributed by atoms with Gasteiger partial charge in [0.15, 0.2) is 0 Å². The standard InChI is InChI=1S/C27H28FNO3/c1-17-9-14-23-22(15-17)26(32-18(2)30)27(3,4)25(29-23)21-7-5-6-8-24(21)31-16-19-10-12-20(28)13-11-19/h5-15,25-26,29H,16H2,1-4H3/t25-,26-/m1/s1. The van der Waals surface area contributed by atoms with Crippen molar-refractivity contribution in [1.29, 1.82) is 0 Å². The van der Waals surface area contributed by atoms with E-state index in [0.717, 1.165) is 33.7 Å². The van der Waals surface area contributed by atoms with Gasteiger partial charge >= 0.3 is 5.97 Å². The van der Waals surface area contributed by atoms with E-state index < -0.39 is 11.5 Å². The summed E-state index contributed by atoms with van der Waals surface area (Å²) >= 11 is 0. The lowest BCUT2D eigenvalue weighted by molar-refractivity contribution is -0.154. The molecule has 0 radical (unpaired) electrons. The van der Waals surface area contributed by atoms with Gasteiger partial charge in [0.25, 0.3) is 0 Å². The lowest BCUT2D eigenvalue weighted by Gasteiger charge is -2.46. The number of fused-ring (bicyclic) bond motifs is 1. The largest absolute Gasteiger partial charge is 0.489 e. The predicted octanol–water partition coefficient (Wildman–Crippen LogP) is 6.51. The highest BCUT2D eigenvalue weighted by molar-refractivity contribution is 5.68. The zero-order valence-electron chi connectivity index (χ0n) is 18.8. The molecule has 1 aliphatic rings. The first-order valence-corrected chi connectivity index (χ1v) is 10.8. The van der Waals surface area contributed by atoms with Gasteiger partial charge in [-0.1, -0.05) is 61.9 Å². The van der Waals surface area contributed by atoms with E-state index in [-0.39, 0.29) is 17.8 Å². The Hall–Kier alpha value is -3.34. The minimum absolute atomic E-state index is 0.161. The normalized spacial score (nSPS) is 18.9. The number of halogens is 1. The molecule has 32 heavy (non-hydrogen) atoms. The van der Waals surface area contributed by atoms with Crippen LogP contribution in [0.4, 0.5) is 10.1 Å². The first-order valence-electron chi connectivity index (χ1n) is 10.8. The minimum atomic E-state index is -0.457. The molecule has 0 spiro atoms. The number of aryl methyl sites for hydroxylation is 1. The molecule has 3 aromatic rings. The second kappa shape index (κ2) is 8.65. The van der Waals surface area contributed by atoms with Gasteiger partial charge in [0.1, 0.15) is 24.3 Å². The third-order valence-corrected chi connectivity index (χ3v) is 6.03. The Morgan fingerprint density at radius 2 is 1.75 bits per heavy atom. The number of anilines is 1. The number of benzene rings is 3. The number of nitrogens with one attached hydrogen (secondary N) is 1. The van der Waals surface area contributed by atoms with Gasteiger partial charge in [-0.3, -0.25) is 4.79 Å². The molecule has 1 N–H and O–H groups in total. The van der Waals surface area contributed by atoms with E-state index in [2.05, 4.69) is 25.2 Å². The molecule has 3 aromatic carbocycles. The maximum Gasteiger partial charge on any atom is 0.303 e. The molecular formula is C27H28FNO3. The van der Waals surface area contributed by atoms with Crippen molar-refractivity contribution in [3.63, 3.8) is 0 Å². The predicted molar refractivity (Wildman–Crippen MR) is 123 cm³/mol. The van der Waals surface area contributed by atoms with Crippen molar-refractivity contribution in [2.75, 3.05) is 5.32 Å². The first-order chi connectivity index (χ1) is 15.3. The van der Waals surface area contributed by atoms with E-state index in [4.69, 9.17) is 9.47 Å². The molecule has 0 aliphatic carbocycles. The molecule has 4 nitrogen and oxygen atoms in total. The summed E-state index contributed by atoms with van der Waals surface area (Å²) in [4.78, 5) is 12.0. The monoisotopic (exact) mass is 433 g/mol. The van der Waals surface area contributed by atoms with Crippen molar-refractivity contribution in [3.05, 3.63) is 94.8 Å². The van der Waals surface area contributed by atoms with E-state index in [1.165, 1.54) is 19.1 Å². The van der Waals surface area contributed by atoms with Gasteiger partial charge in [-0.2, -0.15) is 0 Å². The molecule has 0 amide bonds. The number of para-hydroxylation sites is 1. The summed E-state index contributed by atoms with van der Waals surface area (Å²) in [6.45, 7) is 8.00. The fourth-order valence-electron chi connectivity index (χ4n) is 4.38. The molecule has 166 valence electrons. The van der Waals surface area contributed by atoms with Gasteiger partial charge in [-0.05, 0) is 36.8 Å². The molecule has 0 aromatic heterocycles. The molecule has 0 saturated heterocycles. The van der Waals surface area contributed by atoms with Gasteiger partial charge in [-0.15, -0.1) is 0 Å². The van der Waals surface area contributed by atoms with E-state index in [1.807, 2.05) is 43.3 Å². The number of rotatable bonds is 5. The molecule has 1 aliphatic heterocycles. The number of hydrogen-bond donors (Lipinski definition) is 1. The van der Waals surface area contributed by atoms with Crippen LogP contribution in [-0.2, 0) is 16.1 Å². The number of carbonyl (C=O) groups excluding carboxylic acids is 1. The Morgan fingerprint density at radius 3 is 2.47 bits per heavy atom. The highest BCUT2D eigenvalue weighted by Crippen LogP contribution is 2.54. The third-order valence-electron chi connectivity index (χ3n) is 6.03. The second-order valence-electron chi connectivity index (χ2n) is 8.93. The Kier molecular flexibility index (Phi) is 5.92. The highest BCUT2D eigenvalue weighted by Gasteiger charge is 2.46. The van der Waals surface area contributed by atoms with Gasteiger partial charge in [0.05, 0.1) is 6.04 Å². The summed E-state index contributed by atoms with van der Waals surface area (Å²) in [7, 11) is 0. The number of carbonyl (C=O) groups is 1. The van der Waals surface area contributed by atoms with Gasteiger partial charge in [0, 0.05) is 29.2 Å². The summed E-state index contributed by atoms with van der Waals surface area (Å²) in [5, 5.41) is 3.66. The molecule has 0 bridgehead atoms. The van der Waals surface area contributed by atoms with Crippen LogP contribution in [0.3, 0.4) is 0 Å². The topological polar surface area (TPSA) is 47.6 Å². The first kappa shape index (κ1) is 21.9. The summed E-state index contributed by atoms with van der Waals surface area (Å²) < 4.78 is 25.3. The van der Waals surface area contributed by atoms with Gasteiger partial charge < -0.3 is 14.8 Å². The van der Waals surface area contributed by atoms with Crippen LogP contribution in [0, 0.1) is 18.2 Å². The number of hydrogen-bond acceptors (Lipinski definition) is 4. The zero-order valence-corrected chi connectivity index (χ0v) is 18.8. The molecular weight excluding hydrogens is 405 g/mol. The maximum atomic E-state index is 13.2. The second-order valence-corrected chi connectivity index (χ2v) is 8.93. The van der Waals surface area contributed by atoms with Crippen molar-refractivity contribution in [3.8, 4) is 5.75 Å². The van der Waals surface area contributed by atoms with Gasteiger partial charge in [0.2, 0.25) is 0 Å². The molecule has 0 fully saturated rings. The zero-order chi connectivity index (χ0) is 22.9. The van der Waals surface area contributed by atoms with Crippen molar-refractivity contribution in [2.24, 2.45) is 5.41 Å². The van der Waals surface area contributed by atoms with E-state index in [1.54, 1.807) is 12.1 Å². The van der Waals surface area contributed by atoms with Crippen LogP contribution in [0.1, 0.15) is 55.2 Å². The Labute approximate surface area is 188 Å². The minimum Gasteiger partial charge on any atom is -0.489 e. The number of esters is 1. The molecule has 2 atom stereocenters. The summed E-state index contributed by atoms with van der Waals surface area (Å²) in [6.07, 6.45) is -0.411. The van der Waals surface area contributed by atoms with Crippen molar-refractivity contribution in [1.82, 2.24) is 0 Å². The van der Waals surface area contributed by atoms with Crippen molar-refractivity contribution >= 4 is 11.7 Å². The molecule has 5 heteroatoms. The maximum absolute atomic E-state index is 13.2. The van der Waals surface area contributed by atoms with Gasteiger partial charge in [-0.25, -0.2) is 4.39 Å². The van der Waals surface area contributed by atoms with Crippen LogP contribution in [0.5, 0.6) is 5.75 Å². The average Bonchev–Trinajstić information content (AvgIpc) is 2.75. The van der Waals surface area contributed by atoms with Crippen molar-refractivity contribution < 1.29 is 18.7 Å². The summed E-state index contributed by atoms with van der Waals surface area (Å²) in [5.41, 5.74) is 4.44. The van der Waals surface area contributed by atoms with Crippen LogP contribution in [0.2, 0.25) is 0 Å².